The number of carbonyl (C=O) groups excluding carboxylic acids is 2. The lowest BCUT2D eigenvalue weighted by atomic mass is 10.1. The van der Waals surface area contributed by atoms with Crippen LogP contribution in [-0.4, -0.2) is 19.0 Å². The summed E-state index contributed by atoms with van der Waals surface area (Å²) >= 11 is 0. The number of ether oxygens (including phenoxy) is 1. The highest BCUT2D eigenvalue weighted by atomic mass is 16.7. The lowest BCUT2D eigenvalue weighted by molar-refractivity contribution is -0.117. The molecule has 146 valence electrons. The zero-order chi connectivity index (χ0) is 20.5. The summed E-state index contributed by atoms with van der Waals surface area (Å²) < 4.78 is 5.08. The molecule has 0 unspecified atom stereocenters. The molecule has 0 aliphatic carbocycles. The predicted molar refractivity (Wildman–Crippen MR) is 108 cm³/mol. The molecule has 0 aliphatic heterocycles. The highest BCUT2D eigenvalue weighted by Crippen LogP contribution is 2.18. The van der Waals surface area contributed by atoms with Crippen molar-refractivity contribution in [2.24, 2.45) is 10.2 Å². The average Bonchev–Trinajstić information content (AvgIpc) is 2.77. The largest absolute Gasteiger partial charge is 0.497 e. The molecule has 0 aromatic heterocycles. The molecule has 0 aliphatic rings. The van der Waals surface area contributed by atoms with Gasteiger partial charge in [-0.3, -0.25) is 4.79 Å². The van der Waals surface area contributed by atoms with Crippen molar-refractivity contribution in [1.82, 2.24) is 0 Å². The number of hydrogen-bond acceptors (Lipinski definition) is 6. The summed E-state index contributed by atoms with van der Waals surface area (Å²) in [5.41, 5.74) is 4.88. The molecule has 0 fully saturated rings. The summed E-state index contributed by atoms with van der Waals surface area (Å²) in [7, 11) is 1.52. The normalized spacial score (nSPS) is 10.5. The van der Waals surface area contributed by atoms with Gasteiger partial charge >= 0.3 is 5.97 Å². The number of hydrogen-bond donors (Lipinski definition) is 1. The van der Waals surface area contributed by atoms with E-state index in [4.69, 9.17) is 9.57 Å². The van der Waals surface area contributed by atoms with Crippen LogP contribution in [0.4, 0.5) is 11.4 Å². The second kappa shape index (κ2) is 9.80. The third kappa shape index (κ3) is 6.00. The van der Waals surface area contributed by atoms with Crippen LogP contribution in [0.25, 0.3) is 0 Å². The van der Waals surface area contributed by atoms with Gasteiger partial charge in [-0.15, -0.1) is 10.2 Å². The molecule has 1 amide bonds. The third-order valence-electron chi connectivity index (χ3n) is 3.91. The van der Waals surface area contributed by atoms with Crippen molar-refractivity contribution in [3.63, 3.8) is 0 Å². The van der Waals surface area contributed by atoms with E-state index in [-0.39, 0.29) is 12.3 Å². The van der Waals surface area contributed by atoms with Gasteiger partial charge in [-0.25, -0.2) is 10.3 Å². The van der Waals surface area contributed by atoms with Crippen LogP contribution < -0.4 is 10.2 Å². The number of anilines is 1. The van der Waals surface area contributed by atoms with Gasteiger partial charge in [0.1, 0.15) is 5.75 Å². The van der Waals surface area contributed by atoms with Gasteiger partial charge in [0, 0.05) is 0 Å². The fourth-order valence-corrected chi connectivity index (χ4v) is 2.43. The minimum atomic E-state index is -0.542. The fraction of sp³-hybridized carbons (Fsp3) is 0.0909. The highest BCUT2D eigenvalue weighted by molar-refractivity contribution is 5.90. The third-order valence-corrected chi connectivity index (χ3v) is 3.91. The Morgan fingerprint density at radius 1 is 0.931 bits per heavy atom. The van der Waals surface area contributed by atoms with Gasteiger partial charge in [0.05, 0.1) is 30.5 Å². The van der Waals surface area contributed by atoms with E-state index in [2.05, 4.69) is 15.7 Å². The molecule has 29 heavy (non-hydrogen) atoms. The van der Waals surface area contributed by atoms with E-state index in [0.29, 0.717) is 22.7 Å². The maximum absolute atomic E-state index is 12.1. The maximum atomic E-state index is 12.1. The van der Waals surface area contributed by atoms with E-state index in [9.17, 15) is 9.59 Å². The van der Waals surface area contributed by atoms with Gasteiger partial charge in [0.25, 0.3) is 5.91 Å². The number of benzene rings is 3. The standard InChI is InChI=1S/C22H19N3O4/c1-28-20-9-5-8-17(15-20)22(27)29-25-19-12-10-18(11-13-19)23-24-21(26)14-16-6-3-2-4-7-16/h2-13,15,25H,14H2,1H3. The second-order valence-corrected chi connectivity index (χ2v) is 6.03. The number of rotatable bonds is 7. The SMILES string of the molecule is COc1cccc(C(=O)ONc2ccc(N=NC(=O)Cc3ccccc3)cc2)c1. The van der Waals surface area contributed by atoms with Crippen molar-refractivity contribution in [2.45, 2.75) is 6.42 Å². The summed E-state index contributed by atoms with van der Waals surface area (Å²) in [5.74, 6) is -0.305. The monoisotopic (exact) mass is 389 g/mol. The molecule has 0 saturated heterocycles. The van der Waals surface area contributed by atoms with E-state index >= 15 is 0 Å². The number of carbonyl (C=O) groups is 2. The molecule has 7 nitrogen and oxygen atoms in total. The number of nitrogens with zero attached hydrogens (tertiary/aromatic N) is 2. The summed E-state index contributed by atoms with van der Waals surface area (Å²) in [4.78, 5) is 29.0. The molecule has 7 heteroatoms. The van der Waals surface area contributed by atoms with Gasteiger partial charge in [0.2, 0.25) is 0 Å². The van der Waals surface area contributed by atoms with Crippen molar-refractivity contribution in [3.8, 4) is 5.75 Å². The molecule has 1 N–H and O–H groups in total. The smallest absolute Gasteiger partial charge is 0.362 e. The van der Waals surface area contributed by atoms with Gasteiger partial charge in [-0.05, 0) is 48.0 Å². The highest BCUT2D eigenvalue weighted by Gasteiger charge is 2.08. The molecular formula is C22H19N3O4. The number of nitrogens with one attached hydrogen (secondary N) is 1. The molecule has 3 aromatic rings. The number of azo groups is 1. The van der Waals surface area contributed by atoms with E-state index in [1.807, 2.05) is 30.3 Å². The molecule has 0 atom stereocenters. The van der Waals surface area contributed by atoms with Gasteiger partial charge in [-0.1, -0.05) is 36.4 Å². The molecule has 3 aromatic carbocycles. The van der Waals surface area contributed by atoms with Crippen molar-refractivity contribution in [1.29, 1.82) is 0 Å². The first-order valence-corrected chi connectivity index (χ1v) is 8.84. The van der Waals surface area contributed by atoms with Crippen molar-refractivity contribution in [2.75, 3.05) is 12.6 Å². The zero-order valence-electron chi connectivity index (χ0n) is 15.7. The molecule has 3 rings (SSSR count). The Kier molecular flexibility index (Phi) is 6.67. The Morgan fingerprint density at radius 2 is 1.69 bits per heavy atom. The van der Waals surface area contributed by atoms with E-state index in [1.165, 1.54) is 7.11 Å². The summed E-state index contributed by atoms with van der Waals surface area (Å²) in [6.07, 6.45) is 0.199. The van der Waals surface area contributed by atoms with Crippen LogP contribution in [-0.2, 0) is 16.1 Å². The second-order valence-electron chi connectivity index (χ2n) is 6.03. The van der Waals surface area contributed by atoms with E-state index < -0.39 is 5.97 Å². The van der Waals surface area contributed by atoms with Crippen LogP contribution in [0.1, 0.15) is 15.9 Å². The molecule has 0 bridgehead atoms. The van der Waals surface area contributed by atoms with E-state index in [0.717, 1.165) is 5.56 Å². The quantitative estimate of drug-likeness (QED) is 0.466. The van der Waals surface area contributed by atoms with Crippen LogP contribution in [0.15, 0.2) is 89.1 Å². The topological polar surface area (TPSA) is 89.3 Å². The maximum Gasteiger partial charge on any atom is 0.362 e. The molecule has 0 radical (unpaired) electrons. The minimum absolute atomic E-state index is 0.199. The Hall–Kier alpha value is -4.00. The fourth-order valence-electron chi connectivity index (χ4n) is 2.43. The first-order valence-electron chi connectivity index (χ1n) is 8.84. The summed E-state index contributed by atoms with van der Waals surface area (Å²) in [5, 5.41) is 7.65. The number of amides is 1. The van der Waals surface area contributed by atoms with Crippen LogP contribution in [0.3, 0.4) is 0 Å². The van der Waals surface area contributed by atoms with Gasteiger partial charge in [0.15, 0.2) is 0 Å². The Balaban J connectivity index is 1.51. The van der Waals surface area contributed by atoms with Crippen LogP contribution >= 0.6 is 0 Å². The molecular weight excluding hydrogens is 370 g/mol. The first kappa shape index (κ1) is 19.8. The van der Waals surface area contributed by atoms with E-state index in [1.54, 1.807) is 48.5 Å². The van der Waals surface area contributed by atoms with Crippen LogP contribution in [0, 0.1) is 0 Å². The minimum Gasteiger partial charge on any atom is -0.497 e. The van der Waals surface area contributed by atoms with Crippen LogP contribution in [0.2, 0.25) is 0 Å². The van der Waals surface area contributed by atoms with Crippen molar-refractivity contribution < 1.29 is 19.2 Å². The Labute approximate surface area is 168 Å². The molecule has 0 saturated carbocycles. The molecule has 0 spiro atoms. The average molecular weight is 389 g/mol. The van der Waals surface area contributed by atoms with Crippen LogP contribution in [0.5, 0.6) is 5.75 Å². The lowest BCUT2D eigenvalue weighted by Crippen LogP contribution is -2.10. The van der Waals surface area contributed by atoms with Gasteiger partial charge < -0.3 is 9.57 Å². The summed E-state index contributed by atoms with van der Waals surface area (Å²) in [6.45, 7) is 0. The summed E-state index contributed by atoms with van der Waals surface area (Å²) in [6, 6.07) is 22.6. The van der Waals surface area contributed by atoms with Crippen molar-refractivity contribution in [3.05, 3.63) is 90.0 Å². The van der Waals surface area contributed by atoms with Gasteiger partial charge in [-0.2, -0.15) is 0 Å². The zero-order valence-corrected chi connectivity index (χ0v) is 15.7. The van der Waals surface area contributed by atoms with Crippen molar-refractivity contribution >= 4 is 23.3 Å². The molecule has 0 heterocycles. The Bertz CT molecular complexity index is 1000. The first-order chi connectivity index (χ1) is 14.1. The Morgan fingerprint density at radius 3 is 2.41 bits per heavy atom. The predicted octanol–water partition coefficient (Wildman–Crippen LogP) is 4.73. The lowest BCUT2D eigenvalue weighted by Gasteiger charge is -2.07. The number of methoxy groups -OCH3 is 1.